The zero-order chi connectivity index (χ0) is 13.5. The third kappa shape index (κ3) is 2.12. The van der Waals surface area contributed by atoms with Crippen LogP contribution in [0.25, 0.3) is 0 Å². The zero-order valence-corrected chi connectivity index (χ0v) is 10.8. The highest BCUT2D eigenvalue weighted by Gasteiger charge is 2.42. The van der Waals surface area contributed by atoms with Gasteiger partial charge in [0.15, 0.2) is 5.69 Å². The Morgan fingerprint density at radius 2 is 2.37 bits per heavy atom. The van der Waals surface area contributed by atoms with Gasteiger partial charge in [-0.05, 0) is 13.3 Å². The van der Waals surface area contributed by atoms with Crippen molar-refractivity contribution >= 4 is 5.97 Å². The van der Waals surface area contributed by atoms with E-state index in [1.54, 1.807) is 11.6 Å². The second kappa shape index (κ2) is 4.57. The van der Waals surface area contributed by atoms with Crippen molar-refractivity contribution in [2.45, 2.75) is 37.8 Å². The van der Waals surface area contributed by atoms with Crippen LogP contribution in [0.5, 0.6) is 0 Å². The van der Waals surface area contributed by atoms with E-state index in [1.807, 2.05) is 0 Å². The smallest absolute Gasteiger partial charge is 0.358 e. The summed E-state index contributed by atoms with van der Waals surface area (Å²) >= 11 is 0. The normalized spacial score (nSPS) is 30.9. The molecule has 2 unspecified atom stereocenters. The minimum Gasteiger partial charge on any atom is -0.476 e. The molecule has 2 saturated heterocycles. The molecule has 2 aliphatic rings. The number of hydrogen-bond acceptors (Lipinski definition) is 5. The lowest BCUT2D eigenvalue weighted by Gasteiger charge is -2.37. The Labute approximate surface area is 110 Å². The molecule has 0 saturated carbocycles. The molecule has 2 aliphatic heterocycles. The molecule has 0 aromatic carbocycles. The number of aromatic nitrogens is 3. The van der Waals surface area contributed by atoms with Crippen LogP contribution in [0.3, 0.4) is 0 Å². The van der Waals surface area contributed by atoms with Crippen LogP contribution in [-0.4, -0.2) is 51.5 Å². The van der Waals surface area contributed by atoms with Crippen LogP contribution in [0.4, 0.5) is 0 Å². The van der Waals surface area contributed by atoms with E-state index in [9.17, 15) is 4.79 Å². The highest BCUT2D eigenvalue weighted by atomic mass is 16.6. The summed E-state index contributed by atoms with van der Waals surface area (Å²) < 4.78 is 13.0. The SMILES string of the molecule is Cc1c(C(=O)O)nnn1C1CCOC2(CCOC2)C1. The Morgan fingerprint density at radius 3 is 3.00 bits per heavy atom. The summed E-state index contributed by atoms with van der Waals surface area (Å²) in [6, 6.07) is 0.135. The van der Waals surface area contributed by atoms with Gasteiger partial charge in [0.1, 0.15) is 0 Å². The molecule has 1 aromatic rings. The molecular formula is C12H17N3O4. The minimum absolute atomic E-state index is 0.0308. The second-order valence-corrected chi connectivity index (χ2v) is 5.25. The molecule has 0 radical (unpaired) electrons. The van der Waals surface area contributed by atoms with Crippen molar-refractivity contribution in [2.75, 3.05) is 19.8 Å². The topological polar surface area (TPSA) is 86.5 Å². The molecule has 3 rings (SSSR count). The number of carboxylic acids is 1. The summed E-state index contributed by atoms with van der Waals surface area (Å²) in [7, 11) is 0. The van der Waals surface area contributed by atoms with Gasteiger partial charge in [0.2, 0.25) is 0 Å². The van der Waals surface area contributed by atoms with Gasteiger partial charge in [0.25, 0.3) is 0 Å². The fourth-order valence-corrected chi connectivity index (χ4v) is 2.96. The van der Waals surface area contributed by atoms with Crippen molar-refractivity contribution in [1.82, 2.24) is 15.0 Å². The lowest BCUT2D eigenvalue weighted by molar-refractivity contribution is -0.0966. The Morgan fingerprint density at radius 1 is 1.53 bits per heavy atom. The maximum absolute atomic E-state index is 11.0. The molecule has 0 aliphatic carbocycles. The van der Waals surface area contributed by atoms with Gasteiger partial charge in [-0.25, -0.2) is 9.48 Å². The molecule has 2 fully saturated rings. The summed E-state index contributed by atoms with van der Waals surface area (Å²) in [5.74, 6) is -1.03. The first-order valence-corrected chi connectivity index (χ1v) is 6.48. The van der Waals surface area contributed by atoms with Gasteiger partial charge in [0.05, 0.1) is 23.9 Å². The Hall–Kier alpha value is -1.47. The Kier molecular flexibility index (Phi) is 3.02. The molecule has 7 nitrogen and oxygen atoms in total. The summed E-state index contributed by atoms with van der Waals surface area (Å²) in [4.78, 5) is 11.0. The number of aromatic carboxylic acids is 1. The van der Waals surface area contributed by atoms with Crippen LogP contribution in [0.15, 0.2) is 0 Å². The fraction of sp³-hybridized carbons (Fsp3) is 0.750. The lowest BCUT2D eigenvalue weighted by atomic mass is 9.89. The molecule has 3 heterocycles. The van der Waals surface area contributed by atoms with Crippen molar-refractivity contribution < 1.29 is 19.4 Å². The van der Waals surface area contributed by atoms with Crippen molar-refractivity contribution in [2.24, 2.45) is 0 Å². The molecule has 2 atom stereocenters. The first-order chi connectivity index (χ1) is 9.11. The fourth-order valence-electron chi connectivity index (χ4n) is 2.96. The number of rotatable bonds is 2. The minimum atomic E-state index is -1.03. The molecule has 1 N–H and O–H groups in total. The van der Waals surface area contributed by atoms with Crippen molar-refractivity contribution in [3.8, 4) is 0 Å². The third-order valence-electron chi connectivity index (χ3n) is 4.01. The van der Waals surface area contributed by atoms with Gasteiger partial charge in [-0.1, -0.05) is 5.21 Å². The Bertz CT molecular complexity index is 493. The summed E-state index contributed by atoms with van der Waals surface area (Å²) in [5.41, 5.74) is 0.418. The van der Waals surface area contributed by atoms with Gasteiger partial charge >= 0.3 is 5.97 Å². The molecular weight excluding hydrogens is 250 g/mol. The summed E-state index contributed by atoms with van der Waals surface area (Å²) in [5, 5.41) is 16.8. The largest absolute Gasteiger partial charge is 0.476 e. The van der Waals surface area contributed by atoms with Crippen LogP contribution in [-0.2, 0) is 9.47 Å². The molecule has 104 valence electrons. The van der Waals surface area contributed by atoms with Crippen LogP contribution >= 0.6 is 0 Å². The number of carbonyl (C=O) groups is 1. The summed E-state index contributed by atoms with van der Waals surface area (Å²) in [6.45, 7) is 3.74. The molecule has 1 aromatic heterocycles. The first-order valence-electron chi connectivity index (χ1n) is 6.48. The van der Waals surface area contributed by atoms with Crippen LogP contribution in [0.1, 0.15) is 41.5 Å². The number of ether oxygens (including phenoxy) is 2. The highest BCUT2D eigenvalue weighted by molar-refractivity contribution is 5.86. The predicted octanol–water partition coefficient (Wildman–Crippen LogP) is 0.795. The predicted molar refractivity (Wildman–Crippen MR) is 64.1 cm³/mol. The van der Waals surface area contributed by atoms with Gasteiger partial charge in [-0.15, -0.1) is 5.10 Å². The van der Waals surface area contributed by atoms with Gasteiger partial charge < -0.3 is 14.6 Å². The maximum atomic E-state index is 11.0. The van der Waals surface area contributed by atoms with E-state index in [1.165, 1.54) is 0 Å². The quantitative estimate of drug-likeness (QED) is 0.852. The van der Waals surface area contributed by atoms with E-state index in [2.05, 4.69) is 10.3 Å². The van der Waals surface area contributed by atoms with Gasteiger partial charge in [0, 0.05) is 26.1 Å². The maximum Gasteiger partial charge on any atom is 0.358 e. The zero-order valence-electron chi connectivity index (χ0n) is 10.8. The first kappa shape index (κ1) is 12.6. The van der Waals surface area contributed by atoms with E-state index in [0.717, 1.165) is 25.9 Å². The third-order valence-corrected chi connectivity index (χ3v) is 4.01. The average molecular weight is 267 g/mol. The highest BCUT2D eigenvalue weighted by Crippen LogP contribution is 2.38. The van der Waals surface area contributed by atoms with E-state index in [0.29, 0.717) is 18.9 Å². The van der Waals surface area contributed by atoms with Crippen LogP contribution in [0, 0.1) is 6.92 Å². The molecule has 7 heteroatoms. The van der Waals surface area contributed by atoms with E-state index < -0.39 is 5.97 Å². The average Bonchev–Trinajstić information content (AvgIpc) is 2.97. The van der Waals surface area contributed by atoms with Crippen molar-refractivity contribution in [1.29, 1.82) is 0 Å². The van der Waals surface area contributed by atoms with Crippen molar-refractivity contribution in [3.63, 3.8) is 0 Å². The van der Waals surface area contributed by atoms with Gasteiger partial charge in [-0.2, -0.15) is 0 Å². The molecule has 0 bridgehead atoms. The molecule has 1 spiro atoms. The lowest BCUT2D eigenvalue weighted by Crippen LogP contribution is -2.41. The standard InChI is InChI=1S/C12H17N3O4/c1-8-10(11(16)17)13-14-15(8)9-2-4-19-12(6-9)3-5-18-7-12/h9H,2-7H2,1H3,(H,16,17). The summed E-state index contributed by atoms with van der Waals surface area (Å²) in [6.07, 6.45) is 2.52. The number of nitrogens with zero attached hydrogens (tertiary/aromatic N) is 3. The molecule has 19 heavy (non-hydrogen) atoms. The van der Waals surface area contributed by atoms with E-state index in [-0.39, 0.29) is 17.3 Å². The van der Waals surface area contributed by atoms with Gasteiger partial charge in [-0.3, -0.25) is 0 Å². The second-order valence-electron chi connectivity index (χ2n) is 5.25. The monoisotopic (exact) mass is 267 g/mol. The van der Waals surface area contributed by atoms with Crippen molar-refractivity contribution in [3.05, 3.63) is 11.4 Å². The Balaban J connectivity index is 1.84. The molecule has 0 amide bonds. The van der Waals surface area contributed by atoms with E-state index in [4.69, 9.17) is 14.6 Å². The van der Waals surface area contributed by atoms with E-state index >= 15 is 0 Å². The number of carboxylic acid groups (broad SMARTS) is 1. The van der Waals surface area contributed by atoms with Crippen LogP contribution in [0.2, 0.25) is 0 Å². The van der Waals surface area contributed by atoms with Crippen LogP contribution < -0.4 is 0 Å². The number of hydrogen-bond donors (Lipinski definition) is 1.